The van der Waals surface area contributed by atoms with Gasteiger partial charge in [-0.15, -0.1) is 0 Å². The van der Waals surface area contributed by atoms with E-state index in [1.807, 2.05) is 7.05 Å². The smallest absolute Gasteiger partial charge is 0.0483 e. The number of nitrogens with zero attached hydrogens (tertiary/aromatic N) is 1. The van der Waals surface area contributed by atoms with Gasteiger partial charge in [0.25, 0.3) is 0 Å². The van der Waals surface area contributed by atoms with Crippen molar-refractivity contribution < 1.29 is 0 Å². The zero-order chi connectivity index (χ0) is 10.8. The van der Waals surface area contributed by atoms with Gasteiger partial charge < -0.3 is 9.88 Å². The zero-order valence-corrected chi connectivity index (χ0v) is 9.67. The first-order valence-electron chi connectivity index (χ1n) is 5.42. The summed E-state index contributed by atoms with van der Waals surface area (Å²) >= 11 is 0. The van der Waals surface area contributed by atoms with Gasteiger partial charge in [0.2, 0.25) is 0 Å². The molecule has 0 amide bonds. The van der Waals surface area contributed by atoms with Gasteiger partial charge in [0.05, 0.1) is 0 Å². The summed E-state index contributed by atoms with van der Waals surface area (Å²) in [6.07, 6.45) is 3.30. The predicted octanol–water partition coefficient (Wildman–Crippen LogP) is 2.25. The summed E-state index contributed by atoms with van der Waals surface area (Å²) in [5.41, 5.74) is 4.15. The number of aryl methyl sites for hydroxylation is 2. The summed E-state index contributed by atoms with van der Waals surface area (Å²) < 4.78 is 2.20. The highest BCUT2D eigenvalue weighted by Gasteiger charge is 2.06. The van der Waals surface area contributed by atoms with Gasteiger partial charge in [-0.05, 0) is 44.1 Å². The molecule has 0 radical (unpaired) electrons. The van der Waals surface area contributed by atoms with Crippen LogP contribution in [0.3, 0.4) is 0 Å². The van der Waals surface area contributed by atoms with Gasteiger partial charge in [0.15, 0.2) is 0 Å². The lowest BCUT2D eigenvalue weighted by Crippen LogP contribution is -2.10. The largest absolute Gasteiger partial charge is 0.350 e. The van der Waals surface area contributed by atoms with Crippen molar-refractivity contribution in [2.45, 2.75) is 13.3 Å². The Kier molecular flexibility index (Phi) is 2.78. The first-order valence-corrected chi connectivity index (χ1v) is 5.42. The Morgan fingerprint density at radius 3 is 2.87 bits per heavy atom. The summed E-state index contributed by atoms with van der Waals surface area (Å²) in [5.74, 6) is 0. The summed E-state index contributed by atoms with van der Waals surface area (Å²) in [7, 11) is 4.11. The van der Waals surface area contributed by atoms with E-state index in [1.165, 1.54) is 22.0 Å². The molecule has 1 aromatic heterocycles. The minimum atomic E-state index is 1.04. The van der Waals surface area contributed by atoms with Crippen molar-refractivity contribution in [2.24, 2.45) is 7.05 Å². The Morgan fingerprint density at radius 2 is 2.13 bits per heavy atom. The fourth-order valence-corrected chi connectivity index (χ4v) is 2.23. The Bertz CT molecular complexity index is 469. The van der Waals surface area contributed by atoms with E-state index in [0.29, 0.717) is 0 Å². The number of aromatic nitrogens is 1. The van der Waals surface area contributed by atoms with E-state index in [4.69, 9.17) is 0 Å². The van der Waals surface area contributed by atoms with Crippen LogP contribution in [-0.2, 0) is 13.5 Å². The molecule has 0 fully saturated rings. The molecule has 0 saturated carbocycles. The van der Waals surface area contributed by atoms with E-state index < -0.39 is 0 Å². The van der Waals surface area contributed by atoms with Crippen molar-refractivity contribution in [3.05, 3.63) is 35.5 Å². The minimum Gasteiger partial charge on any atom is -0.350 e. The van der Waals surface area contributed by atoms with Crippen molar-refractivity contribution in [2.75, 3.05) is 13.6 Å². The molecular formula is C13H18N2. The highest BCUT2D eigenvalue weighted by molar-refractivity contribution is 5.87. The lowest BCUT2D eigenvalue weighted by molar-refractivity contribution is 0.795. The molecule has 0 saturated heterocycles. The molecule has 2 aromatic rings. The fourth-order valence-electron chi connectivity index (χ4n) is 2.23. The molecule has 1 aromatic carbocycles. The third-order valence-electron chi connectivity index (χ3n) is 2.93. The molecule has 15 heavy (non-hydrogen) atoms. The zero-order valence-electron chi connectivity index (χ0n) is 9.67. The third kappa shape index (κ3) is 1.77. The van der Waals surface area contributed by atoms with Gasteiger partial charge in [-0.3, -0.25) is 0 Å². The van der Waals surface area contributed by atoms with Crippen LogP contribution in [0, 0.1) is 6.92 Å². The molecule has 0 unspecified atom stereocenters. The Hall–Kier alpha value is -1.28. The molecule has 80 valence electrons. The maximum atomic E-state index is 3.20. The molecule has 0 atom stereocenters. The second kappa shape index (κ2) is 4.07. The van der Waals surface area contributed by atoms with Crippen LogP contribution in [0.2, 0.25) is 0 Å². The second-order valence-corrected chi connectivity index (χ2v) is 4.09. The first kappa shape index (κ1) is 10.2. The van der Waals surface area contributed by atoms with Crippen molar-refractivity contribution >= 4 is 10.9 Å². The average Bonchev–Trinajstić information content (AvgIpc) is 2.53. The van der Waals surface area contributed by atoms with Crippen LogP contribution in [0.15, 0.2) is 24.4 Å². The Balaban J connectivity index is 2.54. The molecule has 2 nitrogen and oxygen atoms in total. The number of likely N-dealkylation sites (N-methyl/N-ethyl adjacent to an activating group) is 1. The monoisotopic (exact) mass is 202 g/mol. The van der Waals surface area contributed by atoms with Gasteiger partial charge in [0, 0.05) is 24.1 Å². The summed E-state index contributed by atoms with van der Waals surface area (Å²) in [4.78, 5) is 0. The number of hydrogen-bond donors (Lipinski definition) is 1. The summed E-state index contributed by atoms with van der Waals surface area (Å²) in [6, 6.07) is 6.56. The number of benzene rings is 1. The normalized spacial score (nSPS) is 11.1. The van der Waals surface area contributed by atoms with Gasteiger partial charge in [0.1, 0.15) is 0 Å². The standard InChI is InChI=1S/C13H18N2/c1-10-9-15(3)12-6-4-5-11(13(10)12)7-8-14-2/h4-6,9,14H,7-8H2,1-3H3. The number of hydrogen-bond acceptors (Lipinski definition) is 1. The minimum absolute atomic E-state index is 1.04. The van der Waals surface area contributed by atoms with Crippen molar-refractivity contribution in [1.29, 1.82) is 0 Å². The van der Waals surface area contributed by atoms with E-state index in [0.717, 1.165) is 13.0 Å². The van der Waals surface area contributed by atoms with Gasteiger partial charge >= 0.3 is 0 Å². The Labute approximate surface area is 90.9 Å². The average molecular weight is 202 g/mol. The number of fused-ring (bicyclic) bond motifs is 1. The quantitative estimate of drug-likeness (QED) is 0.807. The number of rotatable bonds is 3. The molecule has 0 aliphatic carbocycles. The fraction of sp³-hybridized carbons (Fsp3) is 0.385. The summed E-state index contributed by atoms with van der Waals surface area (Å²) in [5, 5.41) is 4.63. The topological polar surface area (TPSA) is 17.0 Å². The lowest BCUT2D eigenvalue weighted by Gasteiger charge is -2.04. The van der Waals surface area contributed by atoms with Crippen LogP contribution < -0.4 is 5.32 Å². The molecule has 0 spiro atoms. The second-order valence-electron chi connectivity index (χ2n) is 4.09. The van der Waals surface area contributed by atoms with Crippen LogP contribution in [0.25, 0.3) is 10.9 Å². The lowest BCUT2D eigenvalue weighted by atomic mass is 10.0. The maximum Gasteiger partial charge on any atom is 0.0483 e. The SMILES string of the molecule is CNCCc1cccc2c1c(C)cn2C. The predicted molar refractivity (Wildman–Crippen MR) is 65.3 cm³/mol. The molecule has 1 N–H and O–H groups in total. The highest BCUT2D eigenvalue weighted by atomic mass is 14.9. The van der Waals surface area contributed by atoms with Gasteiger partial charge in [-0.2, -0.15) is 0 Å². The summed E-state index contributed by atoms with van der Waals surface area (Å²) in [6.45, 7) is 3.22. The highest BCUT2D eigenvalue weighted by Crippen LogP contribution is 2.24. The van der Waals surface area contributed by atoms with E-state index in [1.54, 1.807) is 0 Å². The molecule has 0 bridgehead atoms. The van der Waals surface area contributed by atoms with Crippen LogP contribution >= 0.6 is 0 Å². The van der Waals surface area contributed by atoms with E-state index >= 15 is 0 Å². The first-order chi connectivity index (χ1) is 7.24. The van der Waals surface area contributed by atoms with Crippen molar-refractivity contribution in [3.8, 4) is 0 Å². The molecular weight excluding hydrogens is 184 g/mol. The third-order valence-corrected chi connectivity index (χ3v) is 2.93. The van der Waals surface area contributed by atoms with E-state index in [9.17, 15) is 0 Å². The van der Waals surface area contributed by atoms with Crippen molar-refractivity contribution in [1.82, 2.24) is 9.88 Å². The van der Waals surface area contributed by atoms with Crippen LogP contribution in [0.5, 0.6) is 0 Å². The van der Waals surface area contributed by atoms with E-state index in [-0.39, 0.29) is 0 Å². The van der Waals surface area contributed by atoms with Crippen LogP contribution in [0.1, 0.15) is 11.1 Å². The molecule has 2 heteroatoms. The van der Waals surface area contributed by atoms with Crippen LogP contribution in [-0.4, -0.2) is 18.2 Å². The van der Waals surface area contributed by atoms with Crippen LogP contribution in [0.4, 0.5) is 0 Å². The number of nitrogens with one attached hydrogen (secondary N) is 1. The molecule has 0 aliphatic heterocycles. The molecule has 2 rings (SSSR count). The van der Waals surface area contributed by atoms with Gasteiger partial charge in [-0.1, -0.05) is 12.1 Å². The Morgan fingerprint density at radius 1 is 1.33 bits per heavy atom. The van der Waals surface area contributed by atoms with Gasteiger partial charge in [-0.25, -0.2) is 0 Å². The van der Waals surface area contributed by atoms with E-state index in [2.05, 4.69) is 48.3 Å². The van der Waals surface area contributed by atoms with Crippen molar-refractivity contribution in [3.63, 3.8) is 0 Å². The molecule has 1 heterocycles. The maximum absolute atomic E-state index is 3.20. The molecule has 0 aliphatic rings.